The maximum Gasteiger partial charge on any atom is 0.257 e. The van der Waals surface area contributed by atoms with Crippen molar-refractivity contribution in [1.29, 1.82) is 0 Å². The van der Waals surface area contributed by atoms with Gasteiger partial charge in [-0.25, -0.2) is 0 Å². The lowest BCUT2D eigenvalue weighted by Gasteiger charge is -2.20. The molecule has 26 heavy (non-hydrogen) atoms. The second-order valence-corrected chi connectivity index (χ2v) is 7.33. The Morgan fingerprint density at radius 1 is 1.23 bits per heavy atom. The SMILES string of the molecule is CSc1ccc(CN(C)C(=O)c2ccccc2OC[C@@H]2CCCO2)cc1. The molecular weight excluding hydrogens is 346 g/mol. The van der Waals surface area contributed by atoms with Gasteiger partial charge < -0.3 is 14.4 Å². The monoisotopic (exact) mass is 371 g/mol. The highest BCUT2D eigenvalue weighted by Gasteiger charge is 2.20. The fraction of sp³-hybridized carbons (Fsp3) is 0.381. The summed E-state index contributed by atoms with van der Waals surface area (Å²) in [7, 11) is 1.82. The molecule has 0 aromatic heterocycles. The minimum Gasteiger partial charge on any atom is -0.490 e. The molecule has 0 unspecified atom stereocenters. The smallest absolute Gasteiger partial charge is 0.257 e. The van der Waals surface area contributed by atoms with E-state index in [1.165, 1.54) is 4.90 Å². The van der Waals surface area contributed by atoms with E-state index in [4.69, 9.17) is 9.47 Å². The van der Waals surface area contributed by atoms with Crippen molar-refractivity contribution < 1.29 is 14.3 Å². The lowest BCUT2D eigenvalue weighted by atomic mass is 10.1. The van der Waals surface area contributed by atoms with Crippen molar-refractivity contribution in [3.63, 3.8) is 0 Å². The van der Waals surface area contributed by atoms with Crippen LogP contribution >= 0.6 is 11.8 Å². The number of amides is 1. The van der Waals surface area contributed by atoms with Crippen molar-refractivity contribution in [2.24, 2.45) is 0 Å². The average molecular weight is 372 g/mol. The fourth-order valence-corrected chi connectivity index (χ4v) is 3.42. The zero-order valence-corrected chi connectivity index (χ0v) is 16.1. The number of nitrogens with zero attached hydrogens (tertiary/aromatic N) is 1. The van der Waals surface area contributed by atoms with Crippen LogP contribution in [0.2, 0.25) is 0 Å². The third kappa shape index (κ3) is 4.80. The van der Waals surface area contributed by atoms with Crippen molar-refractivity contribution in [2.45, 2.75) is 30.4 Å². The van der Waals surface area contributed by atoms with Crippen molar-refractivity contribution in [1.82, 2.24) is 4.90 Å². The second kappa shape index (κ2) is 9.10. The first kappa shape index (κ1) is 18.8. The summed E-state index contributed by atoms with van der Waals surface area (Å²) in [5.74, 6) is 0.583. The molecule has 3 rings (SSSR count). The number of ether oxygens (including phenoxy) is 2. The number of para-hydroxylation sites is 1. The van der Waals surface area contributed by atoms with E-state index >= 15 is 0 Å². The molecule has 1 fully saturated rings. The van der Waals surface area contributed by atoms with Crippen LogP contribution < -0.4 is 4.74 Å². The Hall–Kier alpha value is -1.98. The van der Waals surface area contributed by atoms with Crippen LogP contribution in [0.1, 0.15) is 28.8 Å². The number of hydrogen-bond donors (Lipinski definition) is 0. The first-order chi connectivity index (χ1) is 12.7. The van der Waals surface area contributed by atoms with Crippen molar-refractivity contribution in [3.05, 3.63) is 59.7 Å². The van der Waals surface area contributed by atoms with Crippen LogP contribution in [-0.4, -0.2) is 43.4 Å². The number of rotatable bonds is 7. The molecule has 1 aliphatic heterocycles. The van der Waals surface area contributed by atoms with E-state index in [0.717, 1.165) is 25.0 Å². The van der Waals surface area contributed by atoms with E-state index in [-0.39, 0.29) is 12.0 Å². The van der Waals surface area contributed by atoms with Gasteiger partial charge in [-0.05, 0) is 48.9 Å². The maximum absolute atomic E-state index is 12.9. The van der Waals surface area contributed by atoms with Crippen LogP contribution in [0.3, 0.4) is 0 Å². The highest BCUT2D eigenvalue weighted by molar-refractivity contribution is 7.98. The number of thioether (sulfide) groups is 1. The Labute approximate surface area is 159 Å². The maximum atomic E-state index is 12.9. The highest BCUT2D eigenvalue weighted by Crippen LogP contribution is 2.23. The van der Waals surface area contributed by atoms with Crippen LogP contribution in [0.25, 0.3) is 0 Å². The van der Waals surface area contributed by atoms with Gasteiger partial charge in [0.1, 0.15) is 12.4 Å². The van der Waals surface area contributed by atoms with Gasteiger partial charge >= 0.3 is 0 Å². The predicted octanol–water partition coefficient (Wildman–Crippen LogP) is 4.24. The van der Waals surface area contributed by atoms with Crippen LogP contribution in [0, 0.1) is 0 Å². The largest absolute Gasteiger partial charge is 0.490 e. The van der Waals surface area contributed by atoms with Gasteiger partial charge in [-0.2, -0.15) is 0 Å². The molecule has 0 saturated carbocycles. The Morgan fingerprint density at radius 2 is 2.00 bits per heavy atom. The lowest BCUT2D eigenvalue weighted by Crippen LogP contribution is -2.27. The molecular formula is C21H25NO3S. The molecule has 1 amide bonds. The topological polar surface area (TPSA) is 38.8 Å². The zero-order chi connectivity index (χ0) is 18.4. The third-order valence-corrected chi connectivity index (χ3v) is 5.24. The van der Waals surface area contributed by atoms with Gasteiger partial charge in [0, 0.05) is 25.1 Å². The lowest BCUT2D eigenvalue weighted by molar-refractivity contribution is 0.0656. The molecule has 1 atom stereocenters. The molecule has 1 heterocycles. The Balaban J connectivity index is 1.65. The van der Waals surface area contributed by atoms with Crippen molar-refractivity contribution >= 4 is 17.7 Å². The van der Waals surface area contributed by atoms with Gasteiger partial charge in [0.25, 0.3) is 5.91 Å². The molecule has 0 N–H and O–H groups in total. The molecule has 4 nitrogen and oxygen atoms in total. The molecule has 0 bridgehead atoms. The number of carbonyl (C=O) groups excluding carboxylic acids is 1. The summed E-state index contributed by atoms with van der Waals surface area (Å²) in [6, 6.07) is 15.7. The van der Waals surface area contributed by atoms with Crippen LogP contribution in [0.5, 0.6) is 5.75 Å². The molecule has 0 radical (unpaired) electrons. The summed E-state index contributed by atoms with van der Waals surface area (Å²) in [6.45, 7) is 1.85. The fourth-order valence-electron chi connectivity index (χ4n) is 3.01. The summed E-state index contributed by atoms with van der Waals surface area (Å²) in [4.78, 5) is 15.8. The van der Waals surface area contributed by atoms with E-state index < -0.39 is 0 Å². The van der Waals surface area contributed by atoms with Gasteiger partial charge in [-0.3, -0.25) is 4.79 Å². The Kier molecular flexibility index (Phi) is 6.58. The number of hydrogen-bond acceptors (Lipinski definition) is 4. The van der Waals surface area contributed by atoms with Crippen molar-refractivity contribution in [2.75, 3.05) is 26.5 Å². The number of carbonyl (C=O) groups is 1. The molecule has 1 saturated heterocycles. The van der Waals surface area contributed by atoms with Crippen molar-refractivity contribution in [3.8, 4) is 5.75 Å². The predicted molar refractivity (Wildman–Crippen MR) is 105 cm³/mol. The number of benzene rings is 2. The van der Waals surface area contributed by atoms with E-state index in [1.807, 2.05) is 31.3 Å². The minimum absolute atomic E-state index is 0.0399. The quantitative estimate of drug-likeness (QED) is 0.683. The Bertz CT molecular complexity index is 726. The van der Waals surface area contributed by atoms with Crippen LogP contribution in [0.4, 0.5) is 0 Å². The van der Waals surface area contributed by atoms with E-state index in [1.54, 1.807) is 16.7 Å². The van der Waals surface area contributed by atoms with Gasteiger partial charge in [0.15, 0.2) is 0 Å². The van der Waals surface area contributed by atoms with Gasteiger partial charge in [0.2, 0.25) is 0 Å². The molecule has 1 aliphatic rings. The summed E-state index contributed by atoms with van der Waals surface area (Å²) < 4.78 is 11.5. The molecule has 5 heteroatoms. The molecule has 138 valence electrons. The normalized spacial score (nSPS) is 16.5. The Morgan fingerprint density at radius 3 is 2.69 bits per heavy atom. The zero-order valence-electron chi connectivity index (χ0n) is 15.3. The van der Waals surface area contributed by atoms with Crippen LogP contribution in [-0.2, 0) is 11.3 Å². The van der Waals surface area contributed by atoms with Gasteiger partial charge in [0.05, 0.1) is 11.7 Å². The third-order valence-electron chi connectivity index (χ3n) is 4.49. The summed E-state index contributed by atoms with van der Waals surface area (Å²) >= 11 is 1.71. The second-order valence-electron chi connectivity index (χ2n) is 6.45. The molecule has 0 spiro atoms. The van der Waals surface area contributed by atoms with Gasteiger partial charge in [-0.15, -0.1) is 11.8 Å². The summed E-state index contributed by atoms with van der Waals surface area (Å²) in [5.41, 5.74) is 1.70. The van der Waals surface area contributed by atoms with Gasteiger partial charge in [-0.1, -0.05) is 24.3 Å². The summed E-state index contributed by atoms with van der Waals surface area (Å²) in [5, 5.41) is 0. The standard InChI is InChI=1S/C21H25NO3S/c1-22(14-16-9-11-18(26-2)12-10-16)21(23)19-7-3-4-8-20(19)25-15-17-6-5-13-24-17/h3-4,7-12,17H,5-6,13-15H2,1-2H3/t17-/m0/s1. The summed E-state index contributed by atoms with van der Waals surface area (Å²) in [6.07, 6.45) is 4.28. The van der Waals surface area contributed by atoms with E-state index in [9.17, 15) is 4.79 Å². The first-order valence-corrected chi connectivity index (χ1v) is 10.1. The first-order valence-electron chi connectivity index (χ1n) is 8.89. The minimum atomic E-state index is -0.0399. The van der Waals surface area contributed by atoms with E-state index in [0.29, 0.717) is 24.5 Å². The van der Waals surface area contributed by atoms with E-state index in [2.05, 4.69) is 30.5 Å². The molecule has 0 aliphatic carbocycles. The molecule has 2 aromatic carbocycles. The van der Waals surface area contributed by atoms with Crippen LogP contribution in [0.15, 0.2) is 53.4 Å². The average Bonchev–Trinajstić information content (AvgIpc) is 3.20. The highest BCUT2D eigenvalue weighted by atomic mass is 32.2. The molecule has 2 aromatic rings.